The first kappa shape index (κ1) is 32.5. The van der Waals surface area contributed by atoms with Crippen LogP contribution in [0.1, 0.15) is 89.2 Å². The highest BCUT2D eigenvalue weighted by Crippen LogP contribution is 2.48. The molecule has 2 aromatic carbocycles. The molecule has 212 valence electrons. The molecule has 0 heterocycles. The van der Waals surface area contributed by atoms with Crippen molar-refractivity contribution < 1.29 is 42.5 Å². The molecule has 0 saturated heterocycles. The molecule has 0 aromatic heterocycles. The normalized spacial score (nSPS) is 15.5. The van der Waals surface area contributed by atoms with E-state index in [0.29, 0.717) is 62.5 Å². The summed E-state index contributed by atoms with van der Waals surface area (Å²) in [4.78, 5) is 49.8. The zero-order valence-corrected chi connectivity index (χ0v) is 23.9. The lowest BCUT2D eigenvalue weighted by molar-refractivity contribution is -0.119. The molecular weight excluding hydrogens is 530 g/mol. The number of phosphoric acid groups is 2. The lowest BCUT2D eigenvalue weighted by Gasteiger charge is -2.30. The molecule has 38 heavy (non-hydrogen) atoms. The summed E-state index contributed by atoms with van der Waals surface area (Å²) < 4.78 is 33.3. The van der Waals surface area contributed by atoms with E-state index >= 15 is 0 Å². The Hall–Kier alpha value is -1.67. The monoisotopic (exact) mass is 570 g/mol. The average Bonchev–Trinajstić information content (AvgIpc) is 2.82. The van der Waals surface area contributed by atoms with Gasteiger partial charge in [0.1, 0.15) is 17.0 Å². The predicted molar refractivity (Wildman–Crippen MR) is 145 cm³/mol. The SMILES string of the molecule is CC(CCCCCC(=O)CCCCCC(C)(OP(=O)(O)O)c1ccccc1)(OP(=O)(O)O)c1ccccc1. The summed E-state index contributed by atoms with van der Waals surface area (Å²) in [5.74, 6) is 0.152. The van der Waals surface area contributed by atoms with E-state index in [1.54, 1.807) is 62.4 Å². The first-order valence-electron chi connectivity index (χ1n) is 12.9. The molecule has 0 aliphatic carbocycles. The number of benzene rings is 2. The zero-order chi connectivity index (χ0) is 28.3. The van der Waals surface area contributed by atoms with Gasteiger partial charge in [-0.2, -0.15) is 0 Å². The van der Waals surface area contributed by atoms with Gasteiger partial charge in [0.2, 0.25) is 0 Å². The summed E-state index contributed by atoms with van der Waals surface area (Å²) in [5, 5.41) is 0. The average molecular weight is 571 g/mol. The summed E-state index contributed by atoms with van der Waals surface area (Å²) in [5.41, 5.74) is -0.868. The lowest BCUT2D eigenvalue weighted by atomic mass is 9.89. The summed E-state index contributed by atoms with van der Waals surface area (Å²) in [6, 6.07) is 17.9. The van der Waals surface area contributed by atoms with Gasteiger partial charge in [-0.15, -0.1) is 0 Å². The van der Waals surface area contributed by atoms with Gasteiger partial charge in [-0.05, 0) is 50.7 Å². The van der Waals surface area contributed by atoms with Crippen molar-refractivity contribution in [1.29, 1.82) is 0 Å². The molecular formula is C27H40O9P2. The number of unbranched alkanes of at least 4 members (excludes halogenated alkanes) is 4. The molecule has 0 amide bonds. The van der Waals surface area contributed by atoms with Crippen LogP contribution in [0.25, 0.3) is 0 Å². The number of Topliss-reactive ketones (excluding diaryl/α,β-unsaturated/α-hetero) is 1. The van der Waals surface area contributed by atoms with Crippen LogP contribution in [0, 0.1) is 0 Å². The number of carbonyl (C=O) groups excluding carboxylic acids is 1. The van der Waals surface area contributed by atoms with Gasteiger partial charge >= 0.3 is 15.6 Å². The second-order valence-electron chi connectivity index (χ2n) is 10.0. The fraction of sp³-hybridized carbons (Fsp3) is 0.519. The van der Waals surface area contributed by atoms with Crippen LogP contribution >= 0.6 is 15.6 Å². The van der Waals surface area contributed by atoms with E-state index in [1.807, 2.05) is 12.1 Å². The van der Waals surface area contributed by atoms with Crippen molar-refractivity contribution in [3.63, 3.8) is 0 Å². The van der Waals surface area contributed by atoms with Gasteiger partial charge in [0.25, 0.3) is 0 Å². The molecule has 2 atom stereocenters. The van der Waals surface area contributed by atoms with E-state index in [9.17, 15) is 33.5 Å². The van der Waals surface area contributed by atoms with Crippen LogP contribution in [-0.2, 0) is 34.2 Å². The van der Waals surface area contributed by atoms with Gasteiger partial charge in [0, 0.05) is 12.8 Å². The van der Waals surface area contributed by atoms with E-state index < -0.39 is 26.8 Å². The Kier molecular flexibility index (Phi) is 12.5. The molecule has 2 unspecified atom stereocenters. The van der Waals surface area contributed by atoms with Crippen LogP contribution in [0.4, 0.5) is 0 Å². The van der Waals surface area contributed by atoms with Crippen molar-refractivity contribution >= 4 is 21.4 Å². The minimum Gasteiger partial charge on any atom is -0.303 e. The third-order valence-electron chi connectivity index (χ3n) is 6.63. The number of ketones is 1. The molecule has 0 aliphatic heterocycles. The van der Waals surface area contributed by atoms with Crippen molar-refractivity contribution in [2.24, 2.45) is 0 Å². The Morgan fingerprint density at radius 1 is 0.632 bits per heavy atom. The number of rotatable bonds is 18. The second-order valence-corrected chi connectivity index (χ2v) is 12.3. The first-order valence-corrected chi connectivity index (χ1v) is 15.9. The molecule has 0 aliphatic rings. The number of phosphoric ester groups is 2. The smallest absolute Gasteiger partial charge is 0.303 e. The van der Waals surface area contributed by atoms with Gasteiger partial charge in [-0.1, -0.05) is 86.3 Å². The van der Waals surface area contributed by atoms with Crippen molar-refractivity contribution in [2.75, 3.05) is 0 Å². The van der Waals surface area contributed by atoms with Gasteiger partial charge in [0.15, 0.2) is 0 Å². The Balaban J connectivity index is 1.71. The highest BCUT2D eigenvalue weighted by atomic mass is 31.2. The Labute approximate surface area is 225 Å². The van der Waals surface area contributed by atoms with E-state index in [1.165, 1.54) is 0 Å². The maximum Gasteiger partial charge on any atom is 0.470 e. The standard InChI is InChI=1S/C27H40O9P2/c1-26(35-37(29,30)31,23-15-7-3-8-16-23)21-13-5-11-19-25(28)20-12-6-14-22-27(2,36-38(32,33)34)24-17-9-4-10-18-24/h3-4,7-10,15-18H,5-6,11-14,19-22H2,1-2H3,(H2,29,30,31)(H2,32,33,34). The van der Waals surface area contributed by atoms with Gasteiger partial charge in [0.05, 0.1) is 0 Å². The molecule has 0 radical (unpaired) electrons. The van der Waals surface area contributed by atoms with Crippen molar-refractivity contribution in [1.82, 2.24) is 0 Å². The maximum absolute atomic E-state index is 12.3. The lowest BCUT2D eigenvalue weighted by Crippen LogP contribution is -2.24. The van der Waals surface area contributed by atoms with Crippen LogP contribution in [0.5, 0.6) is 0 Å². The zero-order valence-electron chi connectivity index (χ0n) is 22.1. The Bertz CT molecular complexity index is 999. The highest BCUT2D eigenvalue weighted by molar-refractivity contribution is 7.46. The molecule has 0 spiro atoms. The summed E-state index contributed by atoms with van der Waals surface area (Å²) in [7, 11) is -9.36. The van der Waals surface area contributed by atoms with E-state index in [2.05, 4.69) is 0 Å². The van der Waals surface area contributed by atoms with Crippen molar-refractivity contribution in [3.05, 3.63) is 71.8 Å². The minimum absolute atomic E-state index is 0.152. The topological polar surface area (TPSA) is 151 Å². The third kappa shape index (κ3) is 12.0. The summed E-state index contributed by atoms with van der Waals surface area (Å²) >= 11 is 0. The summed E-state index contributed by atoms with van der Waals surface area (Å²) in [6.45, 7) is 3.33. The van der Waals surface area contributed by atoms with Crippen molar-refractivity contribution in [2.45, 2.75) is 89.3 Å². The third-order valence-corrected chi connectivity index (χ3v) is 7.91. The van der Waals surface area contributed by atoms with E-state index in [-0.39, 0.29) is 5.78 Å². The number of carbonyl (C=O) groups is 1. The maximum atomic E-state index is 12.3. The first-order chi connectivity index (χ1) is 17.7. The number of hydrogen-bond donors (Lipinski definition) is 4. The summed E-state index contributed by atoms with van der Waals surface area (Å²) in [6.07, 6.45) is 5.81. The number of hydrogen-bond acceptors (Lipinski definition) is 5. The van der Waals surface area contributed by atoms with Crippen LogP contribution < -0.4 is 0 Å². The Morgan fingerprint density at radius 3 is 1.29 bits per heavy atom. The molecule has 9 nitrogen and oxygen atoms in total. The van der Waals surface area contributed by atoms with Crippen molar-refractivity contribution in [3.8, 4) is 0 Å². The fourth-order valence-electron chi connectivity index (χ4n) is 4.64. The van der Waals surface area contributed by atoms with E-state index in [4.69, 9.17) is 9.05 Å². The van der Waals surface area contributed by atoms with Gasteiger partial charge in [-0.3, -0.25) is 13.8 Å². The minimum atomic E-state index is -4.68. The highest BCUT2D eigenvalue weighted by Gasteiger charge is 2.35. The van der Waals surface area contributed by atoms with Crippen LogP contribution in [0.2, 0.25) is 0 Å². The fourth-order valence-corrected chi connectivity index (χ4v) is 6.08. The predicted octanol–water partition coefficient (Wildman–Crippen LogP) is 6.51. The Morgan fingerprint density at radius 2 is 0.974 bits per heavy atom. The van der Waals surface area contributed by atoms with Gasteiger partial charge in [-0.25, -0.2) is 9.13 Å². The molecule has 0 saturated carbocycles. The largest absolute Gasteiger partial charge is 0.470 e. The van der Waals surface area contributed by atoms with Crippen LogP contribution in [0.15, 0.2) is 60.7 Å². The molecule has 2 rings (SSSR count). The molecule has 0 bridgehead atoms. The molecule has 11 heteroatoms. The molecule has 4 N–H and O–H groups in total. The molecule has 2 aromatic rings. The second kappa shape index (κ2) is 14.6. The van der Waals surface area contributed by atoms with E-state index in [0.717, 1.165) is 12.8 Å². The van der Waals surface area contributed by atoms with Crippen LogP contribution in [0.3, 0.4) is 0 Å². The van der Waals surface area contributed by atoms with Gasteiger partial charge < -0.3 is 19.6 Å². The quantitative estimate of drug-likeness (QED) is 0.116. The molecule has 0 fully saturated rings. The van der Waals surface area contributed by atoms with Crippen LogP contribution in [-0.4, -0.2) is 25.4 Å².